The number of methoxy groups -OCH3 is 1. The lowest BCUT2D eigenvalue weighted by atomic mass is 10.2. The lowest BCUT2D eigenvalue weighted by Gasteiger charge is -2.11. The summed E-state index contributed by atoms with van der Waals surface area (Å²) in [5, 5.41) is 5.87. The second kappa shape index (κ2) is 7.44. The molecular weight excluding hydrogens is 321 g/mol. The van der Waals surface area contributed by atoms with Crippen molar-refractivity contribution in [3.63, 3.8) is 0 Å². The molecule has 0 saturated heterocycles. The molecule has 0 spiro atoms. The quantitative estimate of drug-likeness (QED) is 0.731. The third kappa shape index (κ3) is 4.11. The summed E-state index contributed by atoms with van der Waals surface area (Å²) in [6, 6.07) is 16.3. The average Bonchev–Trinajstić information content (AvgIpc) is 2.64. The molecule has 5 nitrogen and oxygen atoms in total. The second-order valence-corrected chi connectivity index (χ2v) is 5.22. The van der Waals surface area contributed by atoms with Crippen molar-refractivity contribution < 1.29 is 13.9 Å². The number of halogens is 1. The van der Waals surface area contributed by atoms with Gasteiger partial charge in [-0.05, 0) is 48.5 Å². The fourth-order valence-electron chi connectivity index (χ4n) is 2.23. The summed E-state index contributed by atoms with van der Waals surface area (Å²) in [4.78, 5) is 16.4. The number of carbonyl (C=O) groups is 1. The molecule has 6 heteroatoms. The summed E-state index contributed by atoms with van der Waals surface area (Å²) in [6.07, 6.45) is 1.54. The Morgan fingerprint density at radius 1 is 1.04 bits per heavy atom. The van der Waals surface area contributed by atoms with Crippen molar-refractivity contribution in [2.45, 2.75) is 0 Å². The highest BCUT2D eigenvalue weighted by atomic mass is 19.1. The van der Waals surface area contributed by atoms with E-state index in [-0.39, 0.29) is 11.7 Å². The summed E-state index contributed by atoms with van der Waals surface area (Å²) in [5.41, 5.74) is 1.71. The normalized spacial score (nSPS) is 10.2. The summed E-state index contributed by atoms with van der Waals surface area (Å²) >= 11 is 0. The van der Waals surface area contributed by atoms with E-state index >= 15 is 0 Å². The number of aromatic nitrogens is 1. The first-order valence-corrected chi connectivity index (χ1v) is 7.59. The van der Waals surface area contributed by atoms with Gasteiger partial charge in [-0.25, -0.2) is 9.37 Å². The van der Waals surface area contributed by atoms with Crippen LogP contribution in [0.1, 0.15) is 10.4 Å². The molecule has 0 fully saturated rings. The van der Waals surface area contributed by atoms with E-state index in [1.807, 2.05) is 24.3 Å². The third-order valence-corrected chi connectivity index (χ3v) is 3.50. The molecule has 25 heavy (non-hydrogen) atoms. The molecule has 2 N–H and O–H groups in total. The van der Waals surface area contributed by atoms with Gasteiger partial charge in [-0.3, -0.25) is 4.79 Å². The van der Waals surface area contributed by atoms with E-state index in [9.17, 15) is 9.18 Å². The number of nitrogens with one attached hydrogen (secondary N) is 2. The second-order valence-electron chi connectivity index (χ2n) is 5.22. The van der Waals surface area contributed by atoms with Crippen LogP contribution in [-0.4, -0.2) is 18.0 Å². The zero-order chi connectivity index (χ0) is 17.6. The molecule has 1 amide bonds. The van der Waals surface area contributed by atoms with Crippen molar-refractivity contribution in [3.8, 4) is 5.75 Å². The van der Waals surface area contributed by atoms with Gasteiger partial charge in [-0.2, -0.15) is 0 Å². The van der Waals surface area contributed by atoms with Crippen LogP contribution >= 0.6 is 0 Å². The van der Waals surface area contributed by atoms with Gasteiger partial charge in [-0.15, -0.1) is 0 Å². The van der Waals surface area contributed by atoms with Crippen LogP contribution in [0.3, 0.4) is 0 Å². The fraction of sp³-hybridized carbons (Fsp3) is 0.0526. The molecule has 0 aliphatic heterocycles. The molecule has 126 valence electrons. The maximum atomic E-state index is 12.9. The van der Waals surface area contributed by atoms with Crippen molar-refractivity contribution in [3.05, 3.63) is 78.2 Å². The zero-order valence-corrected chi connectivity index (χ0v) is 13.5. The minimum Gasteiger partial charge on any atom is -0.495 e. The van der Waals surface area contributed by atoms with Crippen molar-refractivity contribution in [2.75, 3.05) is 17.7 Å². The molecule has 0 bridgehead atoms. The number of anilines is 3. The Morgan fingerprint density at radius 3 is 2.48 bits per heavy atom. The Morgan fingerprint density at radius 2 is 1.80 bits per heavy atom. The predicted octanol–water partition coefficient (Wildman–Crippen LogP) is 4.23. The van der Waals surface area contributed by atoms with Gasteiger partial charge in [0.15, 0.2) is 0 Å². The Labute approximate surface area is 144 Å². The first-order chi connectivity index (χ1) is 12.2. The maximum absolute atomic E-state index is 12.9. The molecule has 0 radical (unpaired) electrons. The minimum absolute atomic E-state index is 0.327. The molecular formula is C19H16FN3O2. The van der Waals surface area contributed by atoms with Crippen LogP contribution in [-0.2, 0) is 0 Å². The number of hydrogen-bond acceptors (Lipinski definition) is 4. The van der Waals surface area contributed by atoms with E-state index in [1.165, 1.54) is 24.3 Å². The molecule has 0 aliphatic carbocycles. The number of nitrogens with zero attached hydrogens (tertiary/aromatic N) is 1. The number of ether oxygens (including phenoxy) is 1. The van der Waals surface area contributed by atoms with E-state index in [0.717, 1.165) is 5.69 Å². The molecule has 0 atom stereocenters. The molecule has 1 heterocycles. The van der Waals surface area contributed by atoms with Crippen molar-refractivity contribution in [2.24, 2.45) is 0 Å². The van der Waals surface area contributed by atoms with Crippen LogP contribution in [0.2, 0.25) is 0 Å². The Balaban J connectivity index is 1.68. The van der Waals surface area contributed by atoms with Crippen LogP contribution in [0, 0.1) is 5.82 Å². The molecule has 1 aromatic heterocycles. The van der Waals surface area contributed by atoms with Gasteiger partial charge in [0, 0.05) is 5.56 Å². The first-order valence-electron chi connectivity index (χ1n) is 7.59. The van der Waals surface area contributed by atoms with E-state index in [1.54, 1.807) is 25.4 Å². The zero-order valence-electron chi connectivity index (χ0n) is 13.5. The van der Waals surface area contributed by atoms with Gasteiger partial charge in [0.25, 0.3) is 5.91 Å². The lowest BCUT2D eigenvalue weighted by molar-refractivity contribution is 0.102. The number of pyridine rings is 1. The molecule has 0 aliphatic rings. The maximum Gasteiger partial charge on any atom is 0.255 e. The number of hydrogen-bond donors (Lipinski definition) is 2. The summed E-state index contributed by atoms with van der Waals surface area (Å²) in [6.45, 7) is 0. The van der Waals surface area contributed by atoms with Crippen LogP contribution in [0.4, 0.5) is 21.6 Å². The fourth-order valence-corrected chi connectivity index (χ4v) is 2.23. The smallest absolute Gasteiger partial charge is 0.255 e. The van der Waals surface area contributed by atoms with E-state index in [0.29, 0.717) is 22.8 Å². The summed E-state index contributed by atoms with van der Waals surface area (Å²) < 4.78 is 18.2. The number of para-hydroxylation sites is 2. The number of rotatable bonds is 5. The Hall–Kier alpha value is -3.41. The van der Waals surface area contributed by atoms with E-state index < -0.39 is 0 Å². The van der Waals surface area contributed by atoms with E-state index in [2.05, 4.69) is 15.6 Å². The van der Waals surface area contributed by atoms with Crippen molar-refractivity contribution >= 4 is 23.1 Å². The van der Waals surface area contributed by atoms with Gasteiger partial charge in [0.2, 0.25) is 0 Å². The predicted molar refractivity (Wildman–Crippen MR) is 94.9 cm³/mol. The van der Waals surface area contributed by atoms with Crippen LogP contribution in [0.25, 0.3) is 0 Å². The largest absolute Gasteiger partial charge is 0.495 e. The highest BCUT2D eigenvalue weighted by Crippen LogP contribution is 2.26. The molecule has 0 saturated carbocycles. The molecule has 0 unspecified atom stereocenters. The van der Waals surface area contributed by atoms with Gasteiger partial charge < -0.3 is 15.4 Å². The Bertz CT molecular complexity index is 865. The van der Waals surface area contributed by atoms with Gasteiger partial charge in [-0.1, -0.05) is 12.1 Å². The Kier molecular flexibility index (Phi) is 4.89. The average molecular weight is 337 g/mol. The third-order valence-electron chi connectivity index (χ3n) is 3.50. The summed E-state index contributed by atoms with van der Waals surface area (Å²) in [7, 11) is 1.60. The minimum atomic E-state index is -0.384. The van der Waals surface area contributed by atoms with Crippen molar-refractivity contribution in [1.82, 2.24) is 4.98 Å². The summed E-state index contributed by atoms with van der Waals surface area (Å²) in [5.74, 6) is 0.611. The number of benzene rings is 2. The van der Waals surface area contributed by atoms with Gasteiger partial charge in [0.1, 0.15) is 17.4 Å². The van der Waals surface area contributed by atoms with Crippen molar-refractivity contribution in [1.29, 1.82) is 0 Å². The van der Waals surface area contributed by atoms with Crippen LogP contribution in [0.5, 0.6) is 5.75 Å². The highest BCUT2D eigenvalue weighted by Gasteiger charge is 2.07. The SMILES string of the molecule is COc1ccccc1Nc1ccc(NC(=O)c2ccc(F)cc2)cn1. The standard InChI is InChI=1S/C19H16FN3O2/c1-25-17-5-3-2-4-16(17)23-18-11-10-15(12-21-18)22-19(24)13-6-8-14(20)9-7-13/h2-12H,1H3,(H,21,23)(H,22,24). The first kappa shape index (κ1) is 16.4. The van der Waals surface area contributed by atoms with E-state index in [4.69, 9.17) is 4.74 Å². The van der Waals surface area contributed by atoms with Crippen LogP contribution < -0.4 is 15.4 Å². The van der Waals surface area contributed by atoms with Gasteiger partial charge in [0.05, 0.1) is 24.7 Å². The number of carbonyl (C=O) groups excluding carboxylic acids is 1. The monoisotopic (exact) mass is 337 g/mol. The van der Waals surface area contributed by atoms with Gasteiger partial charge >= 0.3 is 0 Å². The molecule has 3 rings (SSSR count). The highest BCUT2D eigenvalue weighted by molar-refractivity contribution is 6.04. The topological polar surface area (TPSA) is 63.2 Å². The lowest BCUT2D eigenvalue weighted by Crippen LogP contribution is -2.12. The number of amides is 1. The van der Waals surface area contributed by atoms with Crippen LogP contribution in [0.15, 0.2) is 66.9 Å². The molecule has 2 aromatic carbocycles. The molecule has 3 aromatic rings.